The average Bonchev–Trinajstić information content (AvgIpc) is 2.07. The topological polar surface area (TPSA) is 40.5 Å². The highest BCUT2D eigenvalue weighted by Gasteiger charge is 2.38. The predicted octanol–water partition coefficient (Wildman–Crippen LogP) is -3.84. The molecule has 5 heteroatoms. The molecule has 1 N–H and O–H groups in total. The number of nitrogens with zero attached hydrogens (tertiary/aromatic N) is 2. The van der Waals surface area contributed by atoms with Crippen LogP contribution in [0.1, 0.15) is 6.42 Å². The van der Waals surface area contributed by atoms with Gasteiger partial charge in [-0.3, -0.25) is 4.79 Å². The largest absolute Gasteiger partial charge is 1.00 e. The molecule has 1 aliphatic heterocycles. The summed E-state index contributed by atoms with van der Waals surface area (Å²) in [5.74, 6) is 0. The molecular formula is C6H13ClN2O2. The van der Waals surface area contributed by atoms with Crippen molar-refractivity contribution < 1.29 is 26.9 Å². The van der Waals surface area contributed by atoms with Crippen molar-refractivity contribution in [2.75, 3.05) is 20.6 Å². The SMILES string of the molecule is C[N+]1(C)CCC(O)N1C=O.[Cl-]. The van der Waals surface area contributed by atoms with Crippen LogP contribution in [0.15, 0.2) is 0 Å². The first kappa shape index (κ1) is 10.7. The maximum absolute atomic E-state index is 10.4. The van der Waals surface area contributed by atoms with Gasteiger partial charge in [0.25, 0.3) is 6.41 Å². The molecule has 0 aliphatic carbocycles. The third-order valence-electron chi connectivity index (χ3n) is 1.97. The van der Waals surface area contributed by atoms with Crippen molar-refractivity contribution in [3.8, 4) is 0 Å². The Morgan fingerprint density at radius 1 is 1.64 bits per heavy atom. The van der Waals surface area contributed by atoms with Gasteiger partial charge in [-0.05, 0) is 0 Å². The summed E-state index contributed by atoms with van der Waals surface area (Å²) in [6, 6.07) is 0. The van der Waals surface area contributed by atoms with Crippen LogP contribution in [0.3, 0.4) is 0 Å². The Balaban J connectivity index is 0.000001000. The lowest BCUT2D eigenvalue weighted by Crippen LogP contribution is -3.00. The van der Waals surface area contributed by atoms with Gasteiger partial charge in [-0.15, -0.1) is 0 Å². The monoisotopic (exact) mass is 180 g/mol. The van der Waals surface area contributed by atoms with E-state index >= 15 is 0 Å². The summed E-state index contributed by atoms with van der Waals surface area (Å²) in [7, 11) is 3.79. The Hall–Kier alpha value is -0.320. The van der Waals surface area contributed by atoms with Crippen molar-refractivity contribution >= 4 is 6.41 Å². The standard InChI is InChI=1S/C6H13N2O2.ClH/c1-8(2)4-3-6(10)7(8)5-9;/h5-6,10H,3-4H2,1-2H3;1H/q+1;/p-1. The molecule has 0 aromatic rings. The molecule has 1 rings (SSSR count). The van der Waals surface area contributed by atoms with E-state index in [4.69, 9.17) is 0 Å². The Kier molecular flexibility index (Phi) is 3.29. The van der Waals surface area contributed by atoms with Crippen LogP contribution in [0, 0.1) is 0 Å². The van der Waals surface area contributed by atoms with E-state index in [9.17, 15) is 9.90 Å². The van der Waals surface area contributed by atoms with Crippen molar-refractivity contribution in [1.82, 2.24) is 5.01 Å². The minimum atomic E-state index is -0.590. The van der Waals surface area contributed by atoms with Crippen LogP contribution in [0.25, 0.3) is 0 Å². The number of aliphatic hydroxyl groups is 1. The smallest absolute Gasteiger partial charge is 0.258 e. The Bertz CT molecular complexity index is 152. The molecule has 1 heterocycles. The normalized spacial score (nSPS) is 27.9. The lowest BCUT2D eigenvalue weighted by atomic mass is 10.4. The minimum Gasteiger partial charge on any atom is -1.00 e. The second-order valence-corrected chi connectivity index (χ2v) is 3.10. The lowest BCUT2D eigenvalue weighted by Gasteiger charge is -2.30. The van der Waals surface area contributed by atoms with Gasteiger partial charge in [0.2, 0.25) is 0 Å². The number of rotatable bonds is 1. The number of halogens is 1. The third kappa shape index (κ3) is 1.83. The molecule has 11 heavy (non-hydrogen) atoms. The van der Waals surface area contributed by atoms with E-state index in [2.05, 4.69) is 0 Å². The van der Waals surface area contributed by atoms with Crippen molar-refractivity contribution in [2.45, 2.75) is 12.6 Å². The molecule has 1 aliphatic rings. The Morgan fingerprint density at radius 2 is 2.18 bits per heavy atom. The van der Waals surface area contributed by atoms with E-state index in [1.165, 1.54) is 5.01 Å². The van der Waals surface area contributed by atoms with Gasteiger partial charge in [-0.25, -0.2) is 4.59 Å². The Morgan fingerprint density at radius 3 is 2.36 bits per heavy atom. The molecule has 1 unspecified atom stereocenters. The second kappa shape index (κ2) is 3.38. The van der Waals surface area contributed by atoms with E-state index in [0.717, 1.165) is 6.54 Å². The summed E-state index contributed by atoms with van der Waals surface area (Å²) in [6.07, 6.45) is 0.774. The first-order valence-electron chi connectivity index (χ1n) is 3.33. The van der Waals surface area contributed by atoms with Crippen LogP contribution in [0.4, 0.5) is 0 Å². The fourth-order valence-corrected chi connectivity index (χ4v) is 1.24. The molecule has 1 atom stereocenters. The van der Waals surface area contributed by atoms with Crippen LogP contribution in [0.5, 0.6) is 0 Å². The second-order valence-electron chi connectivity index (χ2n) is 3.10. The zero-order valence-corrected chi connectivity index (χ0v) is 7.45. The molecule has 0 radical (unpaired) electrons. The van der Waals surface area contributed by atoms with E-state index < -0.39 is 6.23 Å². The van der Waals surface area contributed by atoms with Crippen molar-refractivity contribution in [3.63, 3.8) is 0 Å². The summed E-state index contributed by atoms with van der Waals surface area (Å²) in [6.45, 7) is 0.819. The minimum absolute atomic E-state index is 0. The van der Waals surface area contributed by atoms with Gasteiger partial charge in [0.05, 0.1) is 14.1 Å². The summed E-state index contributed by atoms with van der Waals surface area (Å²) >= 11 is 0. The summed E-state index contributed by atoms with van der Waals surface area (Å²) in [5, 5.41) is 10.6. The van der Waals surface area contributed by atoms with Gasteiger partial charge in [0, 0.05) is 6.42 Å². The number of aliphatic hydroxyl groups excluding tert-OH is 1. The van der Waals surface area contributed by atoms with Crippen molar-refractivity contribution in [2.24, 2.45) is 0 Å². The Labute approximate surface area is 72.4 Å². The van der Waals surface area contributed by atoms with Crippen LogP contribution < -0.4 is 12.4 Å². The number of quaternary nitrogens is 1. The highest BCUT2D eigenvalue weighted by Crippen LogP contribution is 2.18. The van der Waals surface area contributed by atoms with E-state index in [1.54, 1.807) is 0 Å². The molecule has 1 fully saturated rings. The quantitative estimate of drug-likeness (QED) is 0.332. The molecule has 0 bridgehead atoms. The zero-order valence-electron chi connectivity index (χ0n) is 6.70. The van der Waals surface area contributed by atoms with Crippen LogP contribution in [0.2, 0.25) is 0 Å². The van der Waals surface area contributed by atoms with E-state index in [-0.39, 0.29) is 12.4 Å². The maximum atomic E-state index is 10.4. The number of carbonyl (C=O) groups is 1. The van der Waals surface area contributed by atoms with Gasteiger partial charge in [-0.1, -0.05) is 0 Å². The fourth-order valence-electron chi connectivity index (χ4n) is 1.24. The summed E-state index contributed by atoms with van der Waals surface area (Å²) < 4.78 is 0.463. The summed E-state index contributed by atoms with van der Waals surface area (Å²) in [5.41, 5.74) is 0. The van der Waals surface area contributed by atoms with Gasteiger partial charge in [0.1, 0.15) is 6.54 Å². The summed E-state index contributed by atoms with van der Waals surface area (Å²) in [4.78, 5) is 10.4. The third-order valence-corrected chi connectivity index (χ3v) is 1.97. The highest BCUT2D eigenvalue weighted by atomic mass is 35.5. The molecule has 66 valence electrons. The number of carbonyl (C=O) groups excluding carboxylic acids is 1. The predicted molar refractivity (Wildman–Crippen MR) is 35.5 cm³/mol. The van der Waals surface area contributed by atoms with Gasteiger partial charge in [-0.2, -0.15) is 5.01 Å². The number of hydrogen-bond donors (Lipinski definition) is 1. The molecule has 0 saturated carbocycles. The number of hydrogen-bond acceptors (Lipinski definition) is 2. The molecule has 0 spiro atoms. The molecular weight excluding hydrogens is 168 g/mol. The highest BCUT2D eigenvalue weighted by molar-refractivity contribution is 5.45. The molecule has 1 saturated heterocycles. The van der Waals surface area contributed by atoms with Crippen LogP contribution in [-0.2, 0) is 4.79 Å². The van der Waals surface area contributed by atoms with E-state index in [0.29, 0.717) is 17.4 Å². The first-order valence-corrected chi connectivity index (χ1v) is 3.33. The molecule has 0 aromatic heterocycles. The van der Waals surface area contributed by atoms with Crippen molar-refractivity contribution in [1.29, 1.82) is 0 Å². The average molecular weight is 181 g/mol. The number of amides is 1. The fraction of sp³-hybridized carbons (Fsp3) is 0.833. The van der Waals surface area contributed by atoms with Crippen LogP contribution >= 0.6 is 0 Å². The zero-order chi connectivity index (χ0) is 7.78. The van der Waals surface area contributed by atoms with Crippen LogP contribution in [-0.4, -0.2) is 48.0 Å². The van der Waals surface area contributed by atoms with Gasteiger partial charge >= 0.3 is 0 Å². The van der Waals surface area contributed by atoms with E-state index in [1.807, 2.05) is 14.1 Å². The van der Waals surface area contributed by atoms with Gasteiger partial charge in [0.15, 0.2) is 6.23 Å². The molecule has 0 aromatic carbocycles. The molecule has 4 nitrogen and oxygen atoms in total. The van der Waals surface area contributed by atoms with Gasteiger partial charge < -0.3 is 17.5 Å². The lowest BCUT2D eigenvalue weighted by molar-refractivity contribution is -0.979. The first-order chi connectivity index (χ1) is 4.58. The molecule has 1 amide bonds. The maximum Gasteiger partial charge on any atom is 0.258 e. The van der Waals surface area contributed by atoms with Crippen molar-refractivity contribution in [3.05, 3.63) is 0 Å².